The van der Waals surface area contributed by atoms with E-state index in [0.29, 0.717) is 12.4 Å². The normalized spacial score (nSPS) is 15.7. The number of hydrogen-bond donors (Lipinski definition) is 2. The summed E-state index contributed by atoms with van der Waals surface area (Å²) in [5.41, 5.74) is 0.549. The van der Waals surface area contributed by atoms with Crippen LogP contribution in [0.2, 0.25) is 0 Å². The molecule has 0 radical (unpaired) electrons. The van der Waals surface area contributed by atoms with Gasteiger partial charge >= 0.3 is 6.03 Å². The standard InChI is InChI=1S/C16H20FN5O/c1-2-22-11-19-21-14(22)10-18-15(23)20-16(8-3-9-16)12-4-6-13(17)7-5-12/h4-7,11H,2-3,8-10H2,1H3,(H2,18,20,23). The van der Waals surface area contributed by atoms with Gasteiger partial charge in [0.25, 0.3) is 0 Å². The lowest BCUT2D eigenvalue weighted by atomic mass is 9.72. The highest BCUT2D eigenvalue weighted by Gasteiger charge is 2.40. The van der Waals surface area contributed by atoms with Crippen molar-refractivity contribution in [3.05, 3.63) is 47.8 Å². The zero-order valence-corrected chi connectivity index (χ0v) is 13.1. The summed E-state index contributed by atoms with van der Waals surface area (Å²) in [5, 5.41) is 13.7. The molecule has 1 aliphatic rings. The molecule has 1 aromatic carbocycles. The number of rotatable bonds is 5. The number of aryl methyl sites for hydroxylation is 1. The van der Waals surface area contributed by atoms with Gasteiger partial charge in [0, 0.05) is 6.54 Å². The Labute approximate surface area is 134 Å². The summed E-state index contributed by atoms with van der Waals surface area (Å²) < 4.78 is 15.0. The molecule has 2 amide bonds. The number of carbonyl (C=O) groups is 1. The van der Waals surface area contributed by atoms with Crippen LogP contribution in [0.3, 0.4) is 0 Å². The molecule has 0 spiro atoms. The molecule has 23 heavy (non-hydrogen) atoms. The molecule has 1 aromatic heterocycles. The predicted molar refractivity (Wildman–Crippen MR) is 83.0 cm³/mol. The second-order valence-corrected chi connectivity index (χ2v) is 5.78. The average Bonchev–Trinajstić information content (AvgIpc) is 2.97. The molecule has 0 aliphatic heterocycles. The maximum atomic E-state index is 13.1. The summed E-state index contributed by atoms with van der Waals surface area (Å²) in [6.07, 6.45) is 4.40. The monoisotopic (exact) mass is 317 g/mol. The molecule has 122 valence electrons. The van der Waals surface area contributed by atoms with Crippen LogP contribution in [-0.2, 0) is 18.6 Å². The molecule has 1 saturated carbocycles. The molecule has 0 saturated heterocycles. The second kappa shape index (κ2) is 6.36. The first-order chi connectivity index (χ1) is 11.1. The lowest BCUT2D eigenvalue weighted by Gasteiger charge is -2.43. The van der Waals surface area contributed by atoms with Gasteiger partial charge in [-0.2, -0.15) is 0 Å². The van der Waals surface area contributed by atoms with Crippen molar-refractivity contribution in [1.29, 1.82) is 0 Å². The number of hydrogen-bond acceptors (Lipinski definition) is 3. The Kier molecular flexibility index (Phi) is 4.27. The lowest BCUT2D eigenvalue weighted by Crippen LogP contribution is -2.53. The first-order valence-electron chi connectivity index (χ1n) is 7.82. The maximum absolute atomic E-state index is 13.1. The van der Waals surface area contributed by atoms with Gasteiger partial charge in [-0.3, -0.25) is 0 Å². The van der Waals surface area contributed by atoms with E-state index in [9.17, 15) is 9.18 Å². The fraction of sp³-hybridized carbons (Fsp3) is 0.438. The Morgan fingerprint density at radius 3 is 2.70 bits per heavy atom. The molecule has 0 unspecified atom stereocenters. The smallest absolute Gasteiger partial charge is 0.315 e. The number of aromatic nitrogens is 3. The third-order valence-corrected chi connectivity index (χ3v) is 4.40. The van der Waals surface area contributed by atoms with Gasteiger partial charge in [0.1, 0.15) is 12.1 Å². The average molecular weight is 317 g/mol. The van der Waals surface area contributed by atoms with Crippen LogP contribution in [0.4, 0.5) is 9.18 Å². The Morgan fingerprint density at radius 2 is 2.09 bits per heavy atom. The highest BCUT2D eigenvalue weighted by atomic mass is 19.1. The van der Waals surface area contributed by atoms with Crippen molar-refractivity contribution < 1.29 is 9.18 Å². The van der Waals surface area contributed by atoms with Gasteiger partial charge < -0.3 is 15.2 Å². The maximum Gasteiger partial charge on any atom is 0.315 e. The molecular formula is C16H20FN5O. The predicted octanol–water partition coefficient (Wildman–Crippen LogP) is 2.32. The zero-order chi connectivity index (χ0) is 16.3. The number of nitrogens with zero attached hydrogens (tertiary/aromatic N) is 3. The van der Waals surface area contributed by atoms with Crippen molar-refractivity contribution in [1.82, 2.24) is 25.4 Å². The fourth-order valence-electron chi connectivity index (χ4n) is 2.89. The van der Waals surface area contributed by atoms with E-state index < -0.39 is 5.54 Å². The number of nitrogens with one attached hydrogen (secondary N) is 2. The minimum absolute atomic E-state index is 0.250. The first-order valence-corrected chi connectivity index (χ1v) is 7.82. The van der Waals surface area contributed by atoms with E-state index in [2.05, 4.69) is 20.8 Å². The van der Waals surface area contributed by atoms with E-state index in [1.54, 1.807) is 18.5 Å². The van der Waals surface area contributed by atoms with Crippen LogP contribution in [0.1, 0.15) is 37.6 Å². The van der Waals surface area contributed by atoms with Crippen LogP contribution >= 0.6 is 0 Å². The van der Waals surface area contributed by atoms with Crippen molar-refractivity contribution >= 4 is 6.03 Å². The van der Waals surface area contributed by atoms with Crippen molar-refractivity contribution in [2.45, 2.75) is 44.8 Å². The van der Waals surface area contributed by atoms with Crippen molar-refractivity contribution in [3.8, 4) is 0 Å². The SMILES string of the molecule is CCn1cnnc1CNC(=O)NC1(c2ccc(F)cc2)CCC1. The van der Waals surface area contributed by atoms with Crippen molar-refractivity contribution in [3.63, 3.8) is 0 Å². The Bertz CT molecular complexity index is 678. The van der Waals surface area contributed by atoms with Crippen molar-refractivity contribution in [2.24, 2.45) is 0 Å². The van der Waals surface area contributed by atoms with Crippen LogP contribution in [-0.4, -0.2) is 20.8 Å². The van der Waals surface area contributed by atoms with Gasteiger partial charge in [-0.05, 0) is 43.9 Å². The number of carbonyl (C=O) groups excluding carboxylic acids is 1. The summed E-state index contributed by atoms with van der Waals surface area (Å²) in [7, 11) is 0. The quantitative estimate of drug-likeness (QED) is 0.889. The lowest BCUT2D eigenvalue weighted by molar-refractivity contribution is 0.177. The largest absolute Gasteiger partial charge is 0.331 e. The van der Waals surface area contributed by atoms with Crippen LogP contribution < -0.4 is 10.6 Å². The number of amides is 2. The third-order valence-electron chi connectivity index (χ3n) is 4.40. The van der Waals surface area contributed by atoms with E-state index in [-0.39, 0.29) is 11.8 Å². The summed E-state index contributed by atoms with van der Waals surface area (Å²) in [6.45, 7) is 3.06. The number of urea groups is 1. The topological polar surface area (TPSA) is 71.8 Å². The molecule has 1 aliphatic carbocycles. The summed E-state index contributed by atoms with van der Waals surface area (Å²) in [6, 6.07) is 6.09. The van der Waals surface area contributed by atoms with Crippen LogP contribution in [0.15, 0.2) is 30.6 Å². The molecule has 0 atom stereocenters. The van der Waals surface area contributed by atoms with Crippen LogP contribution in [0.25, 0.3) is 0 Å². The van der Waals surface area contributed by atoms with Gasteiger partial charge in [0.2, 0.25) is 0 Å². The molecule has 3 rings (SSSR count). The molecule has 2 N–H and O–H groups in total. The molecule has 2 aromatic rings. The van der Waals surface area contributed by atoms with E-state index >= 15 is 0 Å². The van der Waals surface area contributed by atoms with Gasteiger partial charge in [-0.15, -0.1) is 10.2 Å². The highest BCUT2D eigenvalue weighted by molar-refractivity contribution is 5.75. The Balaban J connectivity index is 1.63. The molecule has 1 fully saturated rings. The Hall–Kier alpha value is -2.44. The molecule has 6 nitrogen and oxygen atoms in total. The summed E-state index contributed by atoms with van der Waals surface area (Å²) in [4.78, 5) is 12.2. The summed E-state index contributed by atoms with van der Waals surface area (Å²) >= 11 is 0. The van der Waals surface area contributed by atoms with Gasteiger partial charge in [-0.1, -0.05) is 12.1 Å². The van der Waals surface area contributed by atoms with E-state index in [4.69, 9.17) is 0 Å². The van der Waals surface area contributed by atoms with Gasteiger partial charge in [-0.25, -0.2) is 9.18 Å². The summed E-state index contributed by atoms with van der Waals surface area (Å²) in [5.74, 6) is 0.443. The third kappa shape index (κ3) is 3.18. The zero-order valence-electron chi connectivity index (χ0n) is 13.1. The van der Waals surface area contributed by atoms with Crippen LogP contribution in [0.5, 0.6) is 0 Å². The minimum Gasteiger partial charge on any atom is -0.331 e. The van der Waals surface area contributed by atoms with E-state index in [0.717, 1.165) is 31.4 Å². The molecule has 7 heteroatoms. The molecular weight excluding hydrogens is 297 g/mol. The van der Waals surface area contributed by atoms with E-state index in [1.807, 2.05) is 11.5 Å². The van der Waals surface area contributed by atoms with Gasteiger partial charge in [0.05, 0.1) is 12.1 Å². The second-order valence-electron chi connectivity index (χ2n) is 5.78. The number of benzene rings is 1. The Morgan fingerprint density at radius 1 is 1.35 bits per heavy atom. The molecule has 0 bridgehead atoms. The van der Waals surface area contributed by atoms with Gasteiger partial charge in [0.15, 0.2) is 5.82 Å². The molecule has 1 heterocycles. The van der Waals surface area contributed by atoms with Crippen LogP contribution in [0, 0.1) is 5.82 Å². The highest BCUT2D eigenvalue weighted by Crippen LogP contribution is 2.41. The minimum atomic E-state index is -0.393. The van der Waals surface area contributed by atoms with E-state index in [1.165, 1.54) is 12.1 Å². The number of halogens is 1. The first kappa shape index (κ1) is 15.5. The van der Waals surface area contributed by atoms with Crippen molar-refractivity contribution in [2.75, 3.05) is 0 Å². The fourth-order valence-corrected chi connectivity index (χ4v) is 2.89.